The molecule has 0 aliphatic rings. The molecule has 0 aliphatic heterocycles. The number of rotatable bonds is 7. The van der Waals surface area contributed by atoms with E-state index in [2.05, 4.69) is 10.4 Å². The molecule has 0 radical (unpaired) electrons. The molecule has 26 heavy (non-hydrogen) atoms. The number of aryl methyl sites for hydroxylation is 1. The van der Waals surface area contributed by atoms with Crippen LogP contribution in [0.25, 0.3) is 0 Å². The van der Waals surface area contributed by atoms with Crippen LogP contribution in [0, 0.1) is 0 Å². The van der Waals surface area contributed by atoms with Crippen LogP contribution in [-0.4, -0.2) is 47.2 Å². The van der Waals surface area contributed by atoms with Crippen LogP contribution in [0.4, 0.5) is 0 Å². The molecule has 1 amide bonds. The number of carbonyl (C=O) groups is 1. The molecule has 142 valence electrons. The first-order chi connectivity index (χ1) is 12.2. The van der Waals surface area contributed by atoms with Gasteiger partial charge in [0.2, 0.25) is 0 Å². The van der Waals surface area contributed by atoms with E-state index in [1.807, 2.05) is 20.8 Å². The molecule has 1 aromatic heterocycles. The SMILES string of the molecule is COc1ccc(OC[C@H](O)CNC(=O)c2cc(C(C)(C)C)nn2C)cc1. The topological polar surface area (TPSA) is 85.6 Å². The number of amides is 1. The molecule has 2 aromatic rings. The first kappa shape index (κ1) is 19.8. The normalized spacial score (nSPS) is 12.5. The Bertz CT molecular complexity index is 732. The number of nitrogens with zero attached hydrogens (tertiary/aromatic N) is 2. The highest BCUT2D eigenvalue weighted by molar-refractivity contribution is 5.92. The summed E-state index contributed by atoms with van der Waals surface area (Å²) in [5.41, 5.74) is 1.16. The van der Waals surface area contributed by atoms with Crippen molar-refractivity contribution in [3.05, 3.63) is 41.7 Å². The minimum absolute atomic E-state index is 0.0746. The zero-order valence-electron chi connectivity index (χ0n) is 15.9. The monoisotopic (exact) mass is 361 g/mol. The molecule has 0 spiro atoms. The fraction of sp³-hybridized carbons (Fsp3) is 0.474. The van der Waals surface area contributed by atoms with Crippen molar-refractivity contribution in [3.8, 4) is 11.5 Å². The van der Waals surface area contributed by atoms with Gasteiger partial charge in [0.05, 0.1) is 12.8 Å². The second kappa shape index (κ2) is 8.23. The highest BCUT2D eigenvalue weighted by Gasteiger charge is 2.22. The van der Waals surface area contributed by atoms with Gasteiger partial charge in [-0.05, 0) is 30.3 Å². The van der Waals surface area contributed by atoms with Crippen molar-refractivity contribution in [1.29, 1.82) is 0 Å². The van der Waals surface area contributed by atoms with Crippen molar-refractivity contribution in [3.63, 3.8) is 0 Å². The lowest BCUT2D eigenvalue weighted by atomic mass is 9.92. The predicted octanol–water partition coefficient (Wildman–Crippen LogP) is 1.90. The summed E-state index contributed by atoms with van der Waals surface area (Å²) in [6.07, 6.45) is -0.823. The van der Waals surface area contributed by atoms with Gasteiger partial charge in [0.25, 0.3) is 5.91 Å². The Hall–Kier alpha value is -2.54. The molecule has 0 fully saturated rings. The smallest absolute Gasteiger partial charge is 0.269 e. The second-order valence-corrected chi connectivity index (χ2v) is 7.14. The third kappa shape index (κ3) is 5.23. The van der Waals surface area contributed by atoms with E-state index in [0.29, 0.717) is 11.4 Å². The Balaban J connectivity index is 1.83. The van der Waals surface area contributed by atoms with Gasteiger partial charge < -0.3 is 19.9 Å². The molecule has 0 unspecified atom stereocenters. The third-order valence-corrected chi connectivity index (χ3v) is 3.88. The van der Waals surface area contributed by atoms with Gasteiger partial charge in [-0.1, -0.05) is 20.8 Å². The highest BCUT2D eigenvalue weighted by atomic mass is 16.5. The highest BCUT2D eigenvalue weighted by Crippen LogP contribution is 2.21. The van der Waals surface area contributed by atoms with E-state index < -0.39 is 6.10 Å². The number of aromatic nitrogens is 2. The summed E-state index contributed by atoms with van der Waals surface area (Å²) in [6, 6.07) is 8.84. The quantitative estimate of drug-likeness (QED) is 0.787. The summed E-state index contributed by atoms with van der Waals surface area (Å²) < 4.78 is 12.1. The number of methoxy groups -OCH3 is 1. The molecule has 7 nitrogen and oxygen atoms in total. The van der Waals surface area contributed by atoms with E-state index in [-0.39, 0.29) is 24.5 Å². The van der Waals surface area contributed by atoms with Crippen LogP contribution in [-0.2, 0) is 12.5 Å². The molecule has 2 rings (SSSR count). The summed E-state index contributed by atoms with van der Waals surface area (Å²) in [5, 5.41) is 17.1. The van der Waals surface area contributed by atoms with Gasteiger partial charge in [-0.25, -0.2) is 0 Å². The van der Waals surface area contributed by atoms with Crippen LogP contribution in [0.5, 0.6) is 11.5 Å². The van der Waals surface area contributed by atoms with Crippen LogP contribution in [0.2, 0.25) is 0 Å². The van der Waals surface area contributed by atoms with E-state index in [1.165, 1.54) is 0 Å². The number of ether oxygens (including phenoxy) is 2. The van der Waals surface area contributed by atoms with Crippen LogP contribution in [0.15, 0.2) is 30.3 Å². The Morgan fingerprint density at radius 3 is 2.42 bits per heavy atom. The number of nitrogens with one attached hydrogen (secondary N) is 1. The molecule has 1 aromatic carbocycles. The first-order valence-corrected chi connectivity index (χ1v) is 8.48. The van der Waals surface area contributed by atoms with Gasteiger partial charge in [0.1, 0.15) is 29.9 Å². The van der Waals surface area contributed by atoms with Gasteiger partial charge in [0.15, 0.2) is 0 Å². The van der Waals surface area contributed by atoms with Crippen molar-refractivity contribution in [2.24, 2.45) is 7.05 Å². The second-order valence-electron chi connectivity index (χ2n) is 7.14. The average Bonchev–Trinajstić information content (AvgIpc) is 3.00. The first-order valence-electron chi connectivity index (χ1n) is 8.48. The maximum absolute atomic E-state index is 12.3. The van der Waals surface area contributed by atoms with Crippen LogP contribution < -0.4 is 14.8 Å². The Morgan fingerprint density at radius 1 is 1.27 bits per heavy atom. The molecule has 1 atom stereocenters. The van der Waals surface area contributed by atoms with Crippen molar-refractivity contribution in [2.75, 3.05) is 20.3 Å². The Kier molecular flexibility index (Phi) is 6.26. The summed E-state index contributed by atoms with van der Waals surface area (Å²) in [7, 11) is 3.32. The maximum Gasteiger partial charge on any atom is 0.269 e. The van der Waals surface area contributed by atoms with Gasteiger partial charge in [0, 0.05) is 19.0 Å². The lowest BCUT2D eigenvalue weighted by molar-refractivity contribution is 0.0836. The van der Waals surface area contributed by atoms with E-state index in [4.69, 9.17) is 9.47 Å². The van der Waals surface area contributed by atoms with Crippen molar-refractivity contribution in [2.45, 2.75) is 32.3 Å². The number of hydrogen-bond acceptors (Lipinski definition) is 5. The maximum atomic E-state index is 12.3. The number of aliphatic hydroxyl groups excluding tert-OH is 1. The zero-order valence-corrected chi connectivity index (χ0v) is 15.9. The predicted molar refractivity (Wildman–Crippen MR) is 98.7 cm³/mol. The van der Waals surface area contributed by atoms with Gasteiger partial charge in [-0.3, -0.25) is 9.48 Å². The lowest BCUT2D eigenvalue weighted by Crippen LogP contribution is -2.36. The molecule has 0 saturated heterocycles. The standard InChI is InChI=1S/C19H27N3O4/c1-19(2,3)17-10-16(22(4)21-17)18(24)20-11-13(23)12-26-15-8-6-14(25-5)7-9-15/h6-10,13,23H,11-12H2,1-5H3,(H,20,24)/t13-/m1/s1. The van der Waals surface area contributed by atoms with E-state index in [9.17, 15) is 9.90 Å². The number of hydrogen-bond donors (Lipinski definition) is 2. The number of aliphatic hydroxyl groups is 1. The zero-order chi connectivity index (χ0) is 19.3. The third-order valence-electron chi connectivity index (χ3n) is 3.88. The molecule has 0 aliphatic carbocycles. The summed E-state index contributed by atoms with van der Waals surface area (Å²) >= 11 is 0. The molecular weight excluding hydrogens is 334 g/mol. The van der Waals surface area contributed by atoms with Crippen LogP contribution in [0.1, 0.15) is 37.0 Å². The minimum Gasteiger partial charge on any atom is -0.497 e. The largest absolute Gasteiger partial charge is 0.497 e. The number of carbonyl (C=O) groups excluding carboxylic acids is 1. The molecule has 0 saturated carbocycles. The van der Waals surface area contributed by atoms with E-state index >= 15 is 0 Å². The summed E-state index contributed by atoms with van der Waals surface area (Å²) in [4.78, 5) is 12.3. The fourth-order valence-corrected chi connectivity index (χ4v) is 2.27. The van der Waals surface area contributed by atoms with Crippen LogP contribution >= 0.6 is 0 Å². The van der Waals surface area contributed by atoms with Gasteiger partial charge in [-0.2, -0.15) is 5.10 Å². The van der Waals surface area contributed by atoms with Crippen molar-refractivity contribution in [1.82, 2.24) is 15.1 Å². The lowest BCUT2D eigenvalue weighted by Gasteiger charge is -2.14. The van der Waals surface area contributed by atoms with Gasteiger partial charge in [-0.15, -0.1) is 0 Å². The molecule has 2 N–H and O–H groups in total. The van der Waals surface area contributed by atoms with Crippen molar-refractivity contribution >= 4 is 5.91 Å². The Morgan fingerprint density at radius 2 is 1.88 bits per heavy atom. The van der Waals surface area contributed by atoms with E-state index in [0.717, 1.165) is 11.4 Å². The molecular formula is C19H27N3O4. The molecule has 7 heteroatoms. The van der Waals surface area contributed by atoms with Crippen molar-refractivity contribution < 1.29 is 19.4 Å². The van der Waals surface area contributed by atoms with E-state index in [1.54, 1.807) is 49.2 Å². The minimum atomic E-state index is -0.823. The molecule has 1 heterocycles. The summed E-state index contributed by atoms with van der Waals surface area (Å²) in [5.74, 6) is 1.08. The van der Waals surface area contributed by atoms with Crippen LogP contribution in [0.3, 0.4) is 0 Å². The fourth-order valence-electron chi connectivity index (χ4n) is 2.27. The number of benzene rings is 1. The summed E-state index contributed by atoms with van der Waals surface area (Å²) in [6.45, 7) is 6.28. The average molecular weight is 361 g/mol. The van der Waals surface area contributed by atoms with Gasteiger partial charge >= 0.3 is 0 Å². The Labute approximate surface area is 153 Å². The molecule has 0 bridgehead atoms.